The number of thiophene rings is 1. The first-order valence-corrected chi connectivity index (χ1v) is 11.0. The number of benzene rings is 1. The fourth-order valence-corrected chi connectivity index (χ4v) is 5.13. The highest BCUT2D eigenvalue weighted by Crippen LogP contribution is 2.30. The molecular formula is C21H21ClN4O4S. The quantitative estimate of drug-likeness (QED) is 0.620. The first-order valence-electron chi connectivity index (χ1n) is 9.79. The first-order chi connectivity index (χ1) is 14.9. The summed E-state index contributed by atoms with van der Waals surface area (Å²) in [5, 5.41) is 3.77. The Morgan fingerprint density at radius 1 is 1.32 bits per heavy atom. The number of methoxy groups -OCH3 is 1. The second-order valence-electron chi connectivity index (χ2n) is 7.37. The number of hydrogen-bond donors (Lipinski definition) is 2. The number of ether oxygens (including phenoxy) is 1. The molecule has 8 nitrogen and oxygen atoms in total. The van der Waals surface area contributed by atoms with Gasteiger partial charge in [-0.05, 0) is 43.5 Å². The Bertz CT molecular complexity index is 1210. The summed E-state index contributed by atoms with van der Waals surface area (Å²) in [5.41, 5.74) is 1.01. The van der Waals surface area contributed by atoms with Crippen molar-refractivity contribution in [1.82, 2.24) is 14.9 Å². The summed E-state index contributed by atoms with van der Waals surface area (Å²) in [4.78, 5) is 47.3. The van der Waals surface area contributed by atoms with Crippen LogP contribution in [0, 0.1) is 12.8 Å². The summed E-state index contributed by atoms with van der Waals surface area (Å²) in [6.45, 7) is 2.71. The maximum absolute atomic E-state index is 13.0. The Morgan fingerprint density at radius 3 is 2.71 bits per heavy atom. The van der Waals surface area contributed by atoms with Gasteiger partial charge >= 0.3 is 0 Å². The molecule has 0 atom stereocenters. The lowest BCUT2D eigenvalue weighted by molar-refractivity contribution is -0.121. The van der Waals surface area contributed by atoms with Crippen LogP contribution in [0.5, 0.6) is 5.75 Å². The van der Waals surface area contributed by atoms with Crippen molar-refractivity contribution in [2.45, 2.75) is 19.8 Å². The molecule has 1 saturated heterocycles. The van der Waals surface area contributed by atoms with Crippen molar-refractivity contribution >= 4 is 50.7 Å². The van der Waals surface area contributed by atoms with Crippen molar-refractivity contribution in [3.63, 3.8) is 0 Å². The molecule has 4 rings (SSSR count). The van der Waals surface area contributed by atoms with Gasteiger partial charge in [0, 0.05) is 24.7 Å². The number of likely N-dealkylation sites (tertiary alicyclic amines) is 1. The van der Waals surface area contributed by atoms with Crippen molar-refractivity contribution in [2.24, 2.45) is 5.92 Å². The highest BCUT2D eigenvalue weighted by atomic mass is 35.5. The zero-order valence-electron chi connectivity index (χ0n) is 17.0. The van der Waals surface area contributed by atoms with Crippen LogP contribution < -0.4 is 15.6 Å². The van der Waals surface area contributed by atoms with Crippen LogP contribution in [0.3, 0.4) is 0 Å². The SMILES string of the molecule is COc1ccc(NC(=O)C2CCN(C(=O)c3sc4nc[nH]c(=O)c4c3C)CC2)cc1Cl. The van der Waals surface area contributed by atoms with Gasteiger partial charge in [-0.2, -0.15) is 0 Å². The van der Waals surface area contributed by atoms with E-state index in [4.69, 9.17) is 16.3 Å². The van der Waals surface area contributed by atoms with Crippen LogP contribution >= 0.6 is 22.9 Å². The number of amides is 2. The van der Waals surface area contributed by atoms with Crippen LogP contribution in [-0.4, -0.2) is 46.9 Å². The van der Waals surface area contributed by atoms with E-state index in [1.165, 1.54) is 24.8 Å². The van der Waals surface area contributed by atoms with Crippen LogP contribution in [-0.2, 0) is 4.79 Å². The molecule has 1 aromatic carbocycles. The second kappa shape index (κ2) is 8.68. The van der Waals surface area contributed by atoms with E-state index in [9.17, 15) is 14.4 Å². The molecule has 0 saturated carbocycles. The summed E-state index contributed by atoms with van der Waals surface area (Å²) in [5.74, 6) is 0.126. The van der Waals surface area contributed by atoms with Crippen molar-refractivity contribution in [1.29, 1.82) is 0 Å². The standard InChI is InChI=1S/C21H21ClN4O4S/c1-11-16-19(28)23-10-24-20(16)31-17(11)21(29)26-7-5-12(6-8-26)18(27)25-13-3-4-15(30-2)14(22)9-13/h3-4,9-10,12H,5-8H2,1-2H3,(H,25,27)(H,23,24,28). The maximum atomic E-state index is 13.0. The zero-order chi connectivity index (χ0) is 22.1. The molecule has 1 aliphatic heterocycles. The molecule has 0 radical (unpaired) electrons. The maximum Gasteiger partial charge on any atom is 0.264 e. The molecule has 31 heavy (non-hydrogen) atoms. The molecule has 10 heteroatoms. The van der Waals surface area contributed by atoms with Gasteiger partial charge < -0.3 is 19.9 Å². The fourth-order valence-electron chi connectivity index (χ4n) is 3.76. The molecule has 0 spiro atoms. The van der Waals surface area contributed by atoms with Gasteiger partial charge in [-0.1, -0.05) is 11.6 Å². The molecule has 1 fully saturated rings. The Balaban J connectivity index is 1.40. The third kappa shape index (κ3) is 4.15. The number of hydrogen-bond acceptors (Lipinski definition) is 6. The number of carbonyl (C=O) groups excluding carboxylic acids is 2. The number of piperidine rings is 1. The normalized spacial score (nSPS) is 14.6. The van der Waals surface area contributed by atoms with E-state index in [1.807, 2.05) is 0 Å². The molecule has 0 unspecified atom stereocenters. The number of aromatic amines is 1. The van der Waals surface area contributed by atoms with Gasteiger partial charge in [-0.3, -0.25) is 14.4 Å². The topological polar surface area (TPSA) is 104 Å². The third-order valence-electron chi connectivity index (χ3n) is 5.50. The van der Waals surface area contributed by atoms with E-state index in [0.29, 0.717) is 63.0 Å². The van der Waals surface area contributed by atoms with Gasteiger partial charge in [0.15, 0.2) is 0 Å². The smallest absolute Gasteiger partial charge is 0.264 e. The molecule has 2 N–H and O–H groups in total. The molecule has 162 valence electrons. The predicted molar refractivity (Wildman–Crippen MR) is 120 cm³/mol. The number of anilines is 1. The fraction of sp³-hybridized carbons (Fsp3) is 0.333. The summed E-state index contributed by atoms with van der Waals surface area (Å²) >= 11 is 7.35. The van der Waals surface area contributed by atoms with E-state index in [1.54, 1.807) is 30.0 Å². The number of carbonyl (C=O) groups is 2. The number of halogens is 1. The molecule has 2 aromatic heterocycles. The van der Waals surface area contributed by atoms with Gasteiger partial charge in [0.1, 0.15) is 10.6 Å². The number of aryl methyl sites for hydroxylation is 1. The minimum Gasteiger partial charge on any atom is -0.495 e. The first kappa shape index (κ1) is 21.3. The van der Waals surface area contributed by atoms with Crippen LogP contribution in [0.2, 0.25) is 5.02 Å². The number of nitrogens with one attached hydrogen (secondary N) is 2. The molecule has 1 aliphatic rings. The van der Waals surface area contributed by atoms with Gasteiger partial charge in [0.2, 0.25) is 5.91 Å². The molecular weight excluding hydrogens is 440 g/mol. The molecule has 2 amide bonds. The third-order valence-corrected chi connectivity index (χ3v) is 6.98. The number of aromatic nitrogens is 2. The summed E-state index contributed by atoms with van der Waals surface area (Å²) in [6, 6.07) is 5.09. The summed E-state index contributed by atoms with van der Waals surface area (Å²) < 4.78 is 5.12. The number of H-pyrrole nitrogens is 1. The number of nitrogens with zero attached hydrogens (tertiary/aromatic N) is 2. The van der Waals surface area contributed by atoms with Gasteiger partial charge in [-0.25, -0.2) is 4.98 Å². The minimum absolute atomic E-state index is 0.0953. The number of rotatable bonds is 4. The van der Waals surface area contributed by atoms with Gasteiger partial charge in [-0.15, -0.1) is 11.3 Å². The molecule has 0 aliphatic carbocycles. The summed E-state index contributed by atoms with van der Waals surface area (Å²) in [6.07, 6.45) is 2.46. The largest absolute Gasteiger partial charge is 0.495 e. The van der Waals surface area contributed by atoms with E-state index < -0.39 is 0 Å². The Morgan fingerprint density at radius 2 is 2.06 bits per heavy atom. The monoisotopic (exact) mass is 460 g/mol. The number of fused-ring (bicyclic) bond motifs is 1. The van der Waals surface area contributed by atoms with E-state index in [0.717, 1.165) is 0 Å². The predicted octanol–water partition coefficient (Wildman–Crippen LogP) is 3.45. The Labute approximate surface area is 187 Å². The van der Waals surface area contributed by atoms with Crippen molar-refractivity contribution in [3.8, 4) is 5.75 Å². The average Bonchev–Trinajstić information content (AvgIpc) is 3.11. The van der Waals surface area contributed by atoms with Crippen LogP contribution in [0.1, 0.15) is 28.1 Å². The lowest BCUT2D eigenvalue weighted by atomic mass is 9.95. The average molecular weight is 461 g/mol. The highest BCUT2D eigenvalue weighted by Gasteiger charge is 2.30. The molecule has 3 heterocycles. The van der Waals surface area contributed by atoms with Crippen LogP contribution in [0.25, 0.3) is 10.2 Å². The highest BCUT2D eigenvalue weighted by molar-refractivity contribution is 7.20. The Hall–Kier alpha value is -2.91. The van der Waals surface area contributed by atoms with E-state index in [-0.39, 0.29) is 23.3 Å². The van der Waals surface area contributed by atoms with Crippen LogP contribution in [0.15, 0.2) is 29.3 Å². The van der Waals surface area contributed by atoms with Crippen molar-refractivity contribution in [3.05, 3.63) is 50.3 Å². The van der Waals surface area contributed by atoms with Crippen molar-refractivity contribution < 1.29 is 14.3 Å². The van der Waals surface area contributed by atoms with Crippen molar-refractivity contribution in [2.75, 3.05) is 25.5 Å². The zero-order valence-corrected chi connectivity index (χ0v) is 18.6. The van der Waals surface area contributed by atoms with Gasteiger partial charge in [0.25, 0.3) is 11.5 Å². The van der Waals surface area contributed by atoms with Crippen LogP contribution in [0.4, 0.5) is 5.69 Å². The van der Waals surface area contributed by atoms with E-state index >= 15 is 0 Å². The molecule has 0 bridgehead atoms. The van der Waals surface area contributed by atoms with Gasteiger partial charge in [0.05, 0.1) is 28.7 Å². The lowest BCUT2D eigenvalue weighted by Crippen LogP contribution is -2.41. The second-order valence-corrected chi connectivity index (χ2v) is 8.78. The molecule has 3 aromatic rings. The summed E-state index contributed by atoms with van der Waals surface area (Å²) in [7, 11) is 1.53. The van der Waals surface area contributed by atoms with E-state index in [2.05, 4.69) is 15.3 Å². The minimum atomic E-state index is -0.244. The lowest BCUT2D eigenvalue weighted by Gasteiger charge is -2.31. The Kier molecular flexibility index (Phi) is 5.97.